The summed E-state index contributed by atoms with van der Waals surface area (Å²) < 4.78 is 5.58. The molecule has 1 saturated carbocycles. The van der Waals surface area contributed by atoms with Crippen molar-refractivity contribution >= 4 is 0 Å². The third-order valence-electron chi connectivity index (χ3n) is 3.52. The maximum absolute atomic E-state index is 9.81. The van der Waals surface area contributed by atoms with E-state index in [1.54, 1.807) is 0 Å². The third kappa shape index (κ3) is 1.27. The van der Waals surface area contributed by atoms with Crippen molar-refractivity contribution in [1.29, 1.82) is 0 Å². The van der Waals surface area contributed by atoms with Crippen LogP contribution in [0.5, 0.6) is 0 Å². The fraction of sp³-hybridized carbons (Fsp3) is 1.00. The number of fused-ring (bicyclic) bond motifs is 1. The molecule has 0 aromatic rings. The van der Waals surface area contributed by atoms with Gasteiger partial charge >= 0.3 is 0 Å². The summed E-state index contributed by atoms with van der Waals surface area (Å²) >= 11 is 0. The van der Waals surface area contributed by atoms with Gasteiger partial charge in [-0.15, -0.1) is 0 Å². The summed E-state index contributed by atoms with van der Waals surface area (Å²) in [5.41, 5.74) is -0.338. The summed E-state index contributed by atoms with van der Waals surface area (Å²) in [4.78, 5) is 0. The molecule has 2 rings (SSSR count). The summed E-state index contributed by atoms with van der Waals surface area (Å²) in [6, 6.07) is 0. The van der Waals surface area contributed by atoms with Gasteiger partial charge in [0.1, 0.15) is 0 Å². The Morgan fingerprint density at radius 3 is 2.67 bits per heavy atom. The second-order valence-corrected chi connectivity index (χ2v) is 5.04. The average molecular weight is 170 g/mol. The van der Waals surface area contributed by atoms with Crippen LogP contribution in [0.2, 0.25) is 0 Å². The van der Waals surface area contributed by atoms with Crippen LogP contribution in [0.1, 0.15) is 40.0 Å². The van der Waals surface area contributed by atoms with Crippen molar-refractivity contribution < 1.29 is 9.84 Å². The average Bonchev–Trinajstić information content (AvgIpc) is 2.56. The van der Waals surface area contributed by atoms with E-state index < -0.39 is 5.60 Å². The molecule has 1 aliphatic carbocycles. The Bertz CT molecular complexity index is 195. The number of epoxide rings is 1. The van der Waals surface area contributed by atoms with Crippen LogP contribution in [0.25, 0.3) is 0 Å². The first-order valence-electron chi connectivity index (χ1n) is 4.82. The van der Waals surface area contributed by atoms with E-state index in [2.05, 4.69) is 6.92 Å². The van der Waals surface area contributed by atoms with Crippen molar-refractivity contribution in [2.75, 3.05) is 0 Å². The van der Waals surface area contributed by atoms with Crippen molar-refractivity contribution in [3.8, 4) is 0 Å². The Kier molecular flexibility index (Phi) is 1.59. The number of aliphatic hydroxyl groups is 1. The molecule has 0 bridgehead atoms. The molecule has 0 aromatic carbocycles. The van der Waals surface area contributed by atoms with E-state index in [-0.39, 0.29) is 5.60 Å². The van der Waals surface area contributed by atoms with Crippen LogP contribution in [0.3, 0.4) is 0 Å². The van der Waals surface area contributed by atoms with E-state index in [9.17, 15) is 5.11 Å². The molecule has 1 saturated heterocycles. The molecule has 1 heterocycles. The van der Waals surface area contributed by atoms with E-state index in [0.29, 0.717) is 12.0 Å². The first-order valence-corrected chi connectivity index (χ1v) is 4.82. The van der Waals surface area contributed by atoms with Gasteiger partial charge in [-0.3, -0.25) is 0 Å². The van der Waals surface area contributed by atoms with Gasteiger partial charge in [-0.2, -0.15) is 0 Å². The Hall–Kier alpha value is -0.0800. The van der Waals surface area contributed by atoms with Gasteiger partial charge in [0.05, 0.1) is 17.3 Å². The minimum Gasteiger partial charge on any atom is -0.390 e. The smallest absolute Gasteiger partial charge is 0.0920 e. The zero-order chi connectivity index (χ0) is 8.98. The number of ether oxygens (including phenoxy) is 1. The van der Waals surface area contributed by atoms with Gasteiger partial charge in [-0.25, -0.2) is 0 Å². The van der Waals surface area contributed by atoms with Gasteiger partial charge in [0.15, 0.2) is 0 Å². The molecule has 1 unspecified atom stereocenters. The highest BCUT2D eigenvalue weighted by Gasteiger charge is 2.56. The summed E-state index contributed by atoms with van der Waals surface area (Å²) in [7, 11) is 0. The second-order valence-electron chi connectivity index (χ2n) is 5.04. The molecular weight excluding hydrogens is 152 g/mol. The Morgan fingerprint density at radius 1 is 1.50 bits per heavy atom. The summed E-state index contributed by atoms with van der Waals surface area (Å²) in [6.45, 7) is 5.99. The Balaban J connectivity index is 1.98. The molecule has 0 radical (unpaired) electrons. The number of hydrogen-bond donors (Lipinski definition) is 1. The van der Waals surface area contributed by atoms with E-state index in [1.165, 1.54) is 0 Å². The van der Waals surface area contributed by atoms with E-state index in [0.717, 1.165) is 19.3 Å². The quantitative estimate of drug-likeness (QED) is 0.608. The standard InChI is InChI=1S/C10H18O2/c1-9(2,11)7-4-5-10(3)8(6-7)12-10/h7-8,11H,4-6H2,1-3H3/t7-,8?,10-/m0/s1. The van der Waals surface area contributed by atoms with Crippen LogP contribution in [0, 0.1) is 5.92 Å². The van der Waals surface area contributed by atoms with Gasteiger partial charge in [0.25, 0.3) is 0 Å². The van der Waals surface area contributed by atoms with Gasteiger partial charge in [0.2, 0.25) is 0 Å². The van der Waals surface area contributed by atoms with Crippen molar-refractivity contribution in [3.63, 3.8) is 0 Å². The van der Waals surface area contributed by atoms with Crippen molar-refractivity contribution in [3.05, 3.63) is 0 Å². The zero-order valence-electron chi connectivity index (χ0n) is 8.13. The number of hydrogen-bond acceptors (Lipinski definition) is 2. The molecule has 2 heteroatoms. The SMILES string of the molecule is CC(C)(O)[C@H]1CC[C@]2(C)OC2C1. The lowest BCUT2D eigenvalue weighted by Crippen LogP contribution is -2.36. The largest absolute Gasteiger partial charge is 0.390 e. The minimum atomic E-state index is -0.521. The van der Waals surface area contributed by atoms with Crippen LogP contribution in [0.4, 0.5) is 0 Å². The molecule has 0 amide bonds. The Morgan fingerprint density at radius 2 is 2.17 bits per heavy atom. The lowest BCUT2D eigenvalue weighted by atomic mass is 9.75. The van der Waals surface area contributed by atoms with Gasteiger partial charge in [-0.1, -0.05) is 0 Å². The van der Waals surface area contributed by atoms with Crippen LogP contribution < -0.4 is 0 Å². The van der Waals surface area contributed by atoms with Crippen LogP contribution in [-0.4, -0.2) is 22.4 Å². The highest BCUT2D eigenvalue weighted by molar-refractivity contribution is 5.05. The van der Waals surface area contributed by atoms with Crippen LogP contribution in [0.15, 0.2) is 0 Å². The maximum atomic E-state index is 9.81. The molecule has 1 N–H and O–H groups in total. The van der Waals surface area contributed by atoms with Gasteiger partial charge in [-0.05, 0) is 46.0 Å². The number of rotatable bonds is 1. The molecule has 0 aromatic heterocycles. The van der Waals surface area contributed by atoms with E-state index in [4.69, 9.17) is 4.74 Å². The molecule has 2 aliphatic rings. The van der Waals surface area contributed by atoms with E-state index in [1.807, 2.05) is 13.8 Å². The molecule has 12 heavy (non-hydrogen) atoms. The predicted octanol–water partition coefficient (Wildman–Crippen LogP) is 1.71. The van der Waals surface area contributed by atoms with Crippen molar-refractivity contribution in [2.24, 2.45) is 5.92 Å². The molecule has 1 aliphatic heterocycles. The van der Waals surface area contributed by atoms with E-state index >= 15 is 0 Å². The predicted molar refractivity (Wildman–Crippen MR) is 46.9 cm³/mol. The summed E-state index contributed by atoms with van der Waals surface area (Å²) in [5.74, 6) is 0.429. The molecule has 3 atom stereocenters. The van der Waals surface area contributed by atoms with Crippen LogP contribution in [-0.2, 0) is 4.74 Å². The zero-order valence-corrected chi connectivity index (χ0v) is 8.13. The molecule has 0 spiro atoms. The second kappa shape index (κ2) is 2.24. The topological polar surface area (TPSA) is 32.8 Å². The van der Waals surface area contributed by atoms with Gasteiger partial charge in [0, 0.05) is 0 Å². The fourth-order valence-corrected chi connectivity index (χ4v) is 2.29. The first-order chi connectivity index (χ1) is 5.42. The molecule has 2 fully saturated rings. The maximum Gasteiger partial charge on any atom is 0.0920 e. The lowest BCUT2D eigenvalue weighted by molar-refractivity contribution is 0.00186. The van der Waals surface area contributed by atoms with Crippen LogP contribution >= 0.6 is 0 Å². The molecular formula is C10H18O2. The normalized spacial score (nSPS) is 47.0. The lowest BCUT2D eigenvalue weighted by Gasteiger charge is -2.32. The Labute approximate surface area is 73.9 Å². The monoisotopic (exact) mass is 170 g/mol. The molecule has 2 nitrogen and oxygen atoms in total. The first kappa shape index (κ1) is 8.52. The van der Waals surface area contributed by atoms with Crippen molar-refractivity contribution in [2.45, 2.75) is 57.3 Å². The summed E-state index contributed by atoms with van der Waals surface area (Å²) in [6.07, 6.45) is 3.70. The molecule has 70 valence electrons. The van der Waals surface area contributed by atoms with Crippen molar-refractivity contribution in [1.82, 2.24) is 0 Å². The van der Waals surface area contributed by atoms with Gasteiger partial charge < -0.3 is 9.84 Å². The highest BCUT2D eigenvalue weighted by atomic mass is 16.6. The fourth-order valence-electron chi connectivity index (χ4n) is 2.29. The highest BCUT2D eigenvalue weighted by Crippen LogP contribution is 2.51. The minimum absolute atomic E-state index is 0.182. The third-order valence-corrected chi connectivity index (χ3v) is 3.52. The summed E-state index contributed by atoms with van der Waals surface area (Å²) in [5, 5.41) is 9.81.